The van der Waals surface area contributed by atoms with Crippen molar-refractivity contribution in [3.05, 3.63) is 29.7 Å². The van der Waals surface area contributed by atoms with Gasteiger partial charge in [0.05, 0.1) is 17.1 Å². The Kier molecular flexibility index (Phi) is 4.54. The number of H-pyrrole nitrogens is 1. The number of alkyl halides is 4. The molecule has 1 spiro atoms. The maximum atomic E-state index is 13.6. The summed E-state index contributed by atoms with van der Waals surface area (Å²) in [4.78, 5) is 33.1. The summed E-state index contributed by atoms with van der Waals surface area (Å²) in [6.45, 7) is 1.96. The Morgan fingerprint density at radius 2 is 2.07 bits per heavy atom. The molecule has 156 valence electrons. The molecular formula is C19H20F4N4O2. The molecule has 1 aliphatic heterocycles. The first-order chi connectivity index (χ1) is 13.7. The molecule has 2 atom stereocenters. The number of amides is 2. The van der Waals surface area contributed by atoms with Crippen LogP contribution in [-0.4, -0.2) is 51.7 Å². The summed E-state index contributed by atoms with van der Waals surface area (Å²) in [7, 11) is 0. The second-order valence-corrected chi connectivity index (χ2v) is 7.79. The van der Waals surface area contributed by atoms with E-state index >= 15 is 0 Å². The molecule has 2 aliphatic rings. The highest BCUT2D eigenvalue weighted by molar-refractivity contribution is 6.00. The Labute approximate surface area is 163 Å². The third kappa shape index (κ3) is 3.34. The van der Waals surface area contributed by atoms with Crippen LogP contribution in [-0.2, 0) is 4.79 Å². The normalized spacial score (nSPS) is 23.7. The van der Waals surface area contributed by atoms with Crippen LogP contribution >= 0.6 is 0 Å². The molecule has 1 aliphatic carbocycles. The fraction of sp³-hybridized carbons (Fsp3) is 0.526. The van der Waals surface area contributed by atoms with Crippen LogP contribution in [0.25, 0.3) is 10.9 Å². The summed E-state index contributed by atoms with van der Waals surface area (Å²) < 4.78 is 52.7. The SMILES string of the molecule is CC[C@@H](NC(=O)c1cc2cc(C(F)F)ncc2[nH]1)C(=O)N1CC[C@@]2(C1)CC2(F)F. The first kappa shape index (κ1) is 19.7. The molecule has 10 heteroatoms. The van der Waals surface area contributed by atoms with Crippen LogP contribution in [0.1, 0.15) is 48.8 Å². The minimum atomic E-state index is -2.73. The Morgan fingerprint density at radius 1 is 1.34 bits per heavy atom. The lowest BCUT2D eigenvalue weighted by molar-refractivity contribution is -0.132. The van der Waals surface area contributed by atoms with Crippen LogP contribution in [0.5, 0.6) is 0 Å². The van der Waals surface area contributed by atoms with Gasteiger partial charge in [-0.2, -0.15) is 0 Å². The topological polar surface area (TPSA) is 78.1 Å². The van der Waals surface area contributed by atoms with Crippen LogP contribution in [0.4, 0.5) is 17.6 Å². The van der Waals surface area contributed by atoms with E-state index in [9.17, 15) is 27.2 Å². The molecule has 3 heterocycles. The molecule has 4 rings (SSSR count). The monoisotopic (exact) mass is 412 g/mol. The second kappa shape index (κ2) is 6.70. The van der Waals surface area contributed by atoms with Crippen molar-refractivity contribution in [2.45, 2.75) is 44.6 Å². The maximum Gasteiger partial charge on any atom is 0.280 e. The molecule has 6 nitrogen and oxygen atoms in total. The molecule has 2 amide bonds. The van der Waals surface area contributed by atoms with Crippen LogP contribution < -0.4 is 5.32 Å². The van der Waals surface area contributed by atoms with Crippen LogP contribution in [0, 0.1) is 5.41 Å². The number of nitrogens with zero attached hydrogens (tertiary/aromatic N) is 2. The standard InChI is InChI=1S/C19H20F4N4O2/c1-2-11(17(29)27-4-3-18(9-27)8-19(18,22)23)26-16(28)13-6-10-5-12(15(20)21)24-7-14(10)25-13/h5-7,11,15,25H,2-4,8-9H2,1H3,(H,26,28)/t11-,18+/m1/s1. The van der Waals surface area contributed by atoms with Gasteiger partial charge in [0, 0.05) is 24.9 Å². The number of carbonyl (C=O) groups excluding carboxylic acids is 2. The van der Waals surface area contributed by atoms with Gasteiger partial charge in [-0.25, -0.2) is 17.6 Å². The van der Waals surface area contributed by atoms with Gasteiger partial charge in [-0.05, 0) is 25.0 Å². The molecule has 2 N–H and O–H groups in total. The van der Waals surface area contributed by atoms with E-state index < -0.39 is 41.3 Å². The van der Waals surface area contributed by atoms with E-state index in [0.29, 0.717) is 17.3 Å². The van der Waals surface area contributed by atoms with E-state index in [4.69, 9.17) is 0 Å². The van der Waals surface area contributed by atoms with Crippen molar-refractivity contribution in [1.82, 2.24) is 20.2 Å². The average Bonchev–Trinajstić information content (AvgIpc) is 3.05. The van der Waals surface area contributed by atoms with E-state index in [-0.39, 0.29) is 31.6 Å². The molecule has 2 fully saturated rings. The highest BCUT2D eigenvalue weighted by atomic mass is 19.3. The summed E-state index contributed by atoms with van der Waals surface area (Å²) in [5.74, 6) is -3.69. The lowest BCUT2D eigenvalue weighted by Gasteiger charge is -2.23. The van der Waals surface area contributed by atoms with Crippen LogP contribution in [0.15, 0.2) is 18.3 Å². The molecule has 0 bridgehead atoms. The van der Waals surface area contributed by atoms with Crippen molar-refractivity contribution >= 4 is 22.7 Å². The minimum absolute atomic E-state index is 0.000331. The van der Waals surface area contributed by atoms with Crippen molar-refractivity contribution in [2.24, 2.45) is 5.41 Å². The summed E-state index contributed by atoms with van der Waals surface area (Å²) in [6.07, 6.45) is -1.15. The fourth-order valence-corrected chi connectivity index (χ4v) is 3.97. The molecule has 29 heavy (non-hydrogen) atoms. The number of hydrogen-bond donors (Lipinski definition) is 2. The van der Waals surface area contributed by atoms with E-state index in [0.717, 1.165) is 0 Å². The minimum Gasteiger partial charge on any atom is -0.349 e. The molecule has 0 aromatic carbocycles. The highest BCUT2D eigenvalue weighted by Crippen LogP contribution is 2.65. The predicted octanol–water partition coefficient (Wildman–Crippen LogP) is 3.27. The third-order valence-corrected chi connectivity index (χ3v) is 5.88. The summed E-state index contributed by atoms with van der Waals surface area (Å²) in [5, 5.41) is 3.01. The third-order valence-electron chi connectivity index (χ3n) is 5.88. The van der Waals surface area contributed by atoms with Crippen molar-refractivity contribution in [2.75, 3.05) is 13.1 Å². The Hall–Kier alpha value is -2.65. The van der Waals surface area contributed by atoms with Gasteiger partial charge in [0.25, 0.3) is 18.3 Å². The van der Waals surface area contributed by atoms with Crippen molar-refractivity contribution in [1.29, 1.82) is 0 Å². The van der Waals surface area contributed by atoms with Crippen LogP contribution in [0.3, 0.4) is 0 Å². The second-order valence-electron chi connectivity index (χ2n) is 7.79. The average molecular weight is 412 g/mol. The van der Waals surface area contributed by atoms with Gasteiger partial charge in [-0.15, -0.1) is 0 Å². The van der Waals surface area contributed by atoms with Gasteiger partial charge < -0.3 is 15.2 Å². The number of nitrogens with one attached hydrogen (secondary N) is 2. The van der Waals surface area contributed by atoms with Gasteiger partial charge in [0.1, 0.15) is 17.4 Å². The molecule has 1 saturated carbocycles. The number of likely N-dealkylation sites (tertiary alicyclic amines) is 1. The summed E-state index contributed by atoms with van der Waals surface area (Å²) >= 11 is 0. The van der Waals surface area contributed by atoms with Gasteiger partial charge in [-0.3, -0.25) is 14.6 Å². The molecule has 2 aromatic rings. The number of carbonyl (C=O) groups is 2. The van der Waals surface area contributed by atoms with Gasteiger partial charge in [-0.1, -0.05) is 6.92 Å². The molecule has 0 radical (unpaired) electrons. The van der Waals surface area contributed by atoms with Gasteiger partial charge in [0.15, 0.2) is 0 Å². The number of fused-ring (bicyclic) bond motifs is 1. The van der Waals surface area contributed by atoms with E-state index in [1.165, 1.54) is 23.2 Å². The molecular weight excluding hydrogens is 392 g/mol. The zero-order valence-corrected chi connectivity index (χ0v) is 15.6. The van der Waals surface area contributed by atoms with Gasteiger partial charge in [0.2, 0.25) is 5.91 Å². The van der Waals surface area contributed by atoms with Gasteiger partial charge >= 0.3 is 0 Å². The number of halogens is 4. The number of aromatic amines is 1. The zero-order valence-electron chi connectivity index (χ0n) is 15.6. The predicted molar refractivity (Wildman–Crippen MR) is 95.8 cm³/mol. The lowest BCUT2D eigenvalue weighted by Crippen LogP contribution is -2.47. The number of pyridine rings is 1. The van der Waals surface area contributed by atoms with E-state index in [1.807, 2.05) is 0 Å². The quantitative estimate of drug-likeness (QED) is 0.740. The Balaban J connectivity index is 1.45. The number of rotatable bonds is 5. The maximum absolute atomic E-state index is 13.6. The first-order valence-corrected chi connectivity index (χ1v) is 9.40. The first-order valence-electron chi connectivity index (χ1n) is 9.40. The van der Waals surface area contributed by atoms with Crippen molar-refractivity contribution in [3.8, 4) is 0 Å². The molecule has 1 saturated heterocycles. The molecule has 0 unspecified atom stereocenters. The Bertz CT molecular complexity index is 976. The zero-order chi connectivity index (χ0) is 21.0. The smallest absolute Gasteiger partial charge is 0.280 e. The summed E-state index contributed by atoms with van der Waals surface area (Å²) in [5.41, 5.74) is -0.982. The Morgan fingerprint density at radius 3 is 2.66 bits per heavy atom. The molecule has 2 aromatic heterocycles. The van der Waals surface area contributed by atoms with E-state index in [2.05, 4.69) is 15.3 Å². The summed E-state index contributed by atoms with van der Waals surface area (Å²) in [6, 6.07) is 1.74. The number of aromatic nitrogens is 2. The fourth-order valence-electron chi connectivity index (χ4n) is 3.97. The van der Waals surface area contributed by atoms with E-state index in [1.54, 1.807) is 6.92 Å². The van der Waals surface area contributed by atoms with Crippen molar-refractivity contribution in [3.63, 3.8) is 0 Å². The number of hydrogen-bond acceptors (Lipinski definition) is 3. The lowest BCUT2D eigenvalue weighted by atomic mass is 10.1. The highest BCUT2D eigenvalue weighted by Gasteiger charge is 2.73. The van der Waals surface area contributed by atoms with Crippen molar-refractivity contribution < 1.29 is 27.2 Å². The largest absolute Gasteiger partial charge is 0.349 e. The van der Waals surface area contributed by atoms with Crippen LogP contribution in [0.2, 0.25) is 0 Å².